The fourth-order valence-corrected chi connectivity index (χ4v) is 1.04. The Hall–Kier alpha value is -1.17. The van der Waals surface area contributed by atoms with Gasteiger partial charge in [-0.3, -0.25) is 0 Å². The van der Waals surface area contributed by atoms with Crippen molar-refractivity contribution < 1.29 is 18.3 Å². The second kappa shape index (κ2) is 3.91. The van der Waals surface area contributed by atoms with E-state index in [2.05, 4.69) is 9.97 Å². The lowest BCUT2D eigenvalue weighted by Crippen LogP contribution is -2.14. The average Bonchev–Trinajstić information content (AvgIpc) is 2.07. The molecular formula is C8H9F3N2O. The van der Waals surface area contributed by atoms with Gasteiger partial charge in [0.15, 0.2) is 5.69 Å². The van der Waals surface area contributed by atoms with Crippen molar-refractivity contribution >= 4 is 0 Å². The highest BCUT2D eigenvalue weighted by atomic mass is 19.4. The summed E-state index contributed by atoms with van der Waals surface area (Å²) in [5.74, 6) is 0.0685. The maximum atomic E-state index is 12.4. The summed E-state index contributed by atoms with van der Waals surface area (Å²) in [6.07, 6.45) is -3.48. The lowest BCUT2D eigenvalue weighted by atomic mass is 10.1. The molecule has 3 nitrogen and oxygen atoms in total. The number of hydrogen-bond donors (Lipinski definition) is 1. The van der Waals surface area contributed by atoms with Gasteiger partial charge in [0.1, 0.15) is 5.82 Å². The van der Waals surface area contributed by atoms with E-state index < -0.39 is 11.9 Å². The van der Waals surface area contributed by atoms with Crippen LogP contribution in [0, 0.1) is 6.92 Å². The molecule has 0 aromatic carbocycles. The third-order valence-electron chi connectivity index (χ3n) is 1.63. The molecule has 0 atom stereocenters. The summed E-state index contributed by atoms with van der Waals surface area (Å²) >= 11 is 0. The molecule has 1 N–H and O–H groups in total. The second-order valence-corrected chi connectivity index (χ2v) is 2.76. The minimum atomic E-state index is -4.49. The number of aliphatic hydroxyl groups excluding tert-OH is 1. The zero-order chi connectivity index (χ0) is 10.8. The first-order valence-electron chi connectivity index (χ1n) is 3.95. The highest BCUT2D eigenvalue weighted by Gasteiger charge is 2.35. The van der Waals surface area contributed by atoms with Crippen LogP contribution in [0.15, 0.2) is 6.20 Å². The number of hydrogen-bond acceptors (Lipinski definition) is 3. The molecule has 1 aromatic heterocycles. The minimum absolute atomic E-state index is 0.0685. The summed E-state index contributed by atoms with van der Waals surface area (Å²) in [6.45, 7) is 1.04. The molecule has 14 heavy (non-hydrogen) atoms. The van der Waals surface area contributed by atoms with Gasteiger partial charge in [-0.05, 0) is 13.3 Å². The van der Waals surface area contributed by atoms with Crippen LogP contribution < -0.4 is 0 Å². The van der Waals surface area contributed by atoms with Gasteiger partial charge in [-0.2, -0.15) is 13.2 Å². The van der Waals surface area contributed by atoms with E-state index in [4.69, 9.17) is 5.11 Å². The number of nitrogens with zero attached hydrogens (tertiary/aromatic N) is 2. The topological polar surface area (TPSA) is 46.0 Å². The Kier molecular flexibility index (Phi) is 3.05. The maximum Gasteiger partial charge on any atom is 0.433 e. The molecule has 78 valence electrons. The number of aromatic nitrogens is 2. The number of alkyl halides is 3. The molecule has 0 amide bonds. The van der Waals surface area contributed by atoms with Gasteiger partial charge < -0.3 is 5.11 Å². The van der Waals surface area contributed by atoms with Crippen molar-refractivity contribution in [1.82, 2.24) is 9.97 Å². The molecule has 0 aliphatic rings. The molecule has 6 heteroatoms. The van der Waals surface area contributed by atoms with Crippen LogP contribution >= 0.6 is 0 Å². The quantitative estimate of drug-likeness (QED) is 0.794. The first kappa shape index (κ1) is 10.9. The van der Waals surface area contributed by atoms with E-state index in [-0.39, 0.29) is 24.4 Å². The molecule has 0 saturated heterocycles. The monoisotopic (exact) mass is 206 g/mol. The molecular weight excluding hydrogens is 197 g/mol. The second-order valence-electron chi connectivity index (χ2n) is 2.76. The molecule has 1 heterocycles. The molecule has 0 saturated carbocycles. The molecule has 1 rings (SSSR count). The smallest absolute Gasteiger partial charge is 0.396 e. The largest absolute Gasteiger partial charge is 0.433 e. The molecule has 0 spiro atoms. The van der Waals surface area contributed by atoms with E-state index >= 15 is 0 Å². The molecule has 0 aliphatic heterocycles. The highest BCUT2D eigenvalue weighted by Crippen LogP contribution is 2.30. The van der Waals surface area contributed by atoms with Gasteiger partial charge in [0.25, 0.3) is 0 Å². The van der Waals surface area contributed by atoms with Gasteiger partial charge in [0, 0.05) is 18.4 Å². The van der Waals surface area contributed by atoms with Crippen molar-refractivity contribution in [2.24, 2.45) is 0 Å². The first-order chi connectivity index (χ1) is 6.45. The summed E-state index contributed by atoms with van der Waals surface area (Å²) in [5, 5.41) is 8.56. The molecule has 0 bridgehead atoms. The molecule has 0 unspecified atom stereocenters. The minimum Gasteiger partial charge on any atom is -0.396 e. The third kappa shape index (κ3) is 2.41. The maximum absolute atomic E-state index is 12.4. The van der Waals surface area contributed by atoms with E-state index in [0.717, 1.165) is 6.20 Å². The van der Waals surface area contributed by atoms with Crippen LogP contribution in [0.2, 0.25) is 0 Å². The van der Waals surface area contributed by atoms with Crippen molar-refractivity contribution in [2.75, 3.05) is 6.61 Å². The standard InChI is InChI=1S/C8H9F3N2O/c1-5-12-4-6(2-3-14)7(13-5)8(9,10)11/h4,14H,2-3H2,1H3. The Labute approximate surface area is 78.6 Å². The number of aryl methyl sites for hydroxylation is 1. The molecule has 0 radical (unpaired) electrons. The van der Waals surface area contributed by atoms with Crippen LogP contribution in [0.3, 0.4) is 0 Å². The van der Waals surface area contributed by atoms with E-state index in [1.165, 1.54) is 6.92 Å². The number of halogens is 3. The van der Waals surface area contributed by atoms with E-state index in [1.54, 1.807) is 0 Å². The van der Waals surface area contributed by atoms with Gasteiger partial charge in [0.05, 0.1) is 0 Å². The zero-order valence-electron chi connectivity index (χ0n) is 7.47. The summed E-state index contributed by atoms with van der Waals surface area (Å²) < 4.78 is 37.1. The van der Waals surface area contributed by atoms with E-state index in [0.29, 0.717) is 0 Å². The fourth-order valence-electron chi connectivity index (χ4n) is 1.04. The van der Waals surface area contributed by atoms with Crippen LogP contribution in [0.1, 0.15) is 17.1 Å². The Morgan fingerprint density at radius 3 is 2.57 bits per heavy atom. The SMILES string of the molecule is Cc1ncc(CCO)c(C(F)(F)F)n1. The molecule has 0 aliphatic carbocycles. The summed E-state index contributed by atoms with van der Waals surface area (Å²) in [5.41, 5.74) is -1.04. The number of rotatable bonds is 2. The third-order valence-corrected chi connectivity index (χ3v) is 1.63. The predicted molar refractivity (Wildman–Crippen MR) is 42.6 cm³/mol. The van der Waals surface area contributed by atoms with Crippen molar-refractivity contribution in [3.05, 3.63) is 23.3 Å². The van der Waals surface area contributed by atoms with Crippen molar-refractivity contribution in [3.63, 3.8) is 0 Å². The van der Waals surface area contributed by atoms with Crippen LogP contribution in [0.4, 0.5) is 13.2 Å². The van der Waals surface area contributed by atoms with Crippen LogP contribution in [-0.4, -0.2) is 21.7 Å². The molecule has 0 fully saturated rings. The van der Waals surface area contributed by atoms with Crippen LogP contribution in [-0.2, 0) is 12.6 Å². The van der Waals surface area contributed by atoms with Crippen LogP contribution in [0.25, 0.3) is 0 Å². The first-order valence-corrected chi connectivity index (χ1v) is 3.95. The van der Waals surface area contributed by atoms with Crippen LogP contribution in [0.5, 0.6) is 0 Å². The predicted octanol–water partition coefficient (Wildman–Crippen LogP) is 1.34. The average molecular weight is 206 g/mol. The van der Waals surface area contributed by atoms with Crippen molar-refractivity contribution in [1.29, 1.82) is 0 Å². The number of aliphatic hydroxyl groups is 1. The van der Waals surface area contributed by atoms with Crippen molar-refractivity contribution in [2.45, 2.75) is 19.5 Å². The Bertz CT molecular complexity index is 325. The Morgan fingerprint density at radius 1 is 1.43 bits per heavy atom. The molecule has 1 aromatic rings. The normalized spacial score (nSPS) is 11.8. The summed E-state index contributed by atoms with van der Waals surface area (Å²) in [6, 6.07) is 0. The zero-order valence-corrected chi connectivity index (χ0v) is 7.47. The highest BCUT2D eigenvalue weighted by molar-refractivity contribution is 5.20. The van der Waals surface area contributed by atoms with Gasteiger partial charge in [-0.15, -0.1) is 0 Å². The van der Waals surface area contributed by atoms with Crippen molar-refractivity contribution in [3.8, 4) is 0 Å². The summed E-state index contributed by atoms with van der Waals surface area (Å²) in [7, 11) is 0. The lowest BCUT2D eigenvalue weighted by molar-refractivity contribution is -0.142. The summed E-state index contributed by atoms with van der Waals surface area (Å²) in [4.78, 5) is 6.97. The van der Waals surface area contributed by atoms with Gasteiger partial charge >= 0.3 is 6.18 Å². The fraction of sp³-hybridized carbons (Fsp3) is 0.500. The lowest BCUT2D eigenvalue weighted by Gasteiger charge is -2.10. The van der Waals surface area contributed by atoms with E-state index in [1.807, 2.05) is 0 Å². The van der Waals surface area contributed by atoms with Gasteiger partial charge in [-0.25, -0.2) is 9.97 Å². The Morgan fingerprint density at radius 2 is 2.07 bits per heavy atom. The van der Waals surface area contributed by atoms with Gasteiger partial charge in [0.2, 0.25) is 0 Å². The van der Waals surface area contributed by atoms with E-state index in [9.17, 15) is 13.2 Å². The van der Waals surface area contributed by atoms with Gasteiger partial charge in [-0.1, -0.05) is 0 Å². The Balaban J connectivity index is 3.16.